The van der Waals surface area contributed by atoms with E-state index < -0.39 is 0 Å². The molecule has 1 heterocycles. The summed E-state index contributed by atoms with van der Waals surface area (Å²) in [4.78, 5) is 0. The van der Waals surface area contributed by atoms with Gasteiger partial charge in [-0.1, -0.05) is 37.5 Å². The van der Waals surface area contributed by atoms with E-state index in [1.165, 1.54) is 0 Å². The summed E-state index contributed by atoms with van der Waals surface area (Å²) in [5.41, 5.74) is 5.31. The standard InChI is InChI=1S/C9H15N3O/c1-3-4-5-6-7(2)8-11-12-9(10)13-8/h5-7H,3-4H2,1-2H3,(H2,10,12). The van der Waals surface area contributed by atoms with Crippen molar-refractivity contribution in [3.05, 3.63) is 18.0 Å². The number of nitrogens with zero attached hydrogens (tertiary/aromatic N) is 2. The van der Waals surface area contributed by atoms with Gasteiger partial charge in [0.1, 0.15) is 0 Å². The van der Waals surface area contributed by atoms with Crippen LogP contribution in [0.2, 0.25) is 0 Å². The molecule has 4 nitrogen and oxygen atoms in total. The quantitative estimate of drug-likeness (QED) is 0.722. The van der Waals surface area contributed by atoms with Gasteiger partial charge in [-0.15, -0.1) is 5.10 Å². The molecule has 0 radical (unpaired) electrons. The highest BCUT2D eigenvalue weighted by atomic mass is 16.4. The fourth-order valence-corrected chi connectivity index (χ4v) is 0.980. The molecule has 1 atom stereocenters. The van der Waals surface area contributed by atoms with Crippen molar-refractivity contribution in [2.24, 2.45) is 0 Å². The van der Waals surface area contributed by atoms with E-state index in [-0.39, 0.29) is 11.9 Å². The highest BCUT2D eigenvalue weighted by Crippen LogP contribution is 2.15. The van der Waals surface area contributed by atoms with Crippen molar-refractivity contribution in [1.82, 2.24) is 10.2 Å². The van der Waals surface area contributed by atoms with Gasteiger partial charge >= 0.3 is 6.01 Å². The van der Waals surface area contributed by atoms with Crippen LogP contribution in [-0.2, 0) is 0 Å². The van der Waals surface area contributed by atoms with E-state index in [4.69, 9.17) is 10.2 Å². The van der Waals surface area contributed by atoms with Crippen LogP contribution in [0.1, 0.15) is 38.5 Å². The molecule has 0 aromatic carbocycles. The summed E-state index contributed by atoms with van der Waals surface area (Å²) in [5, 5.41) is 7.39. The number of nitrogens with two attached hydrogens (primary N) is 1. The molecular formula is C9H15N3O. The third kappa shape index (κ3) is 2.89. The molecule has 0 saturated carbocycles. The first-order valence-electron chi connectivity index (χ1n) is 4.49. The summed E-state index contributed by atoms with van der Waals surface area (Å²) < 4.78 is 5.08. The summed E-state index contributed by atoms with van der Waals surface area (Å²) in [7, 11) is 0. The molecular weight excluding hydrogens is 166 g/mol. The molecule has 0 bridgehead atoms. The van der Waals surface area contributed by atoms with Crippen LogP contribution >= 0.6 is 0 Å². The predicted octanol–water partition coefficient (Wildman–Crippen LogP) is 2.11. The number of hydrogen-bond acceptors (Lipinski definition) is 4. The second kappa shape index (κ2) is 4.64. The maximum absolute atomic E-state index is 5.31. The average Bonchev–Trinajstić information content (AvgIpc) is 2.52. The Morgan fingerprint density at radius 1 is 1.54 bits per heavy atom. The molecule has 72 valence electrons. The first kappa shape index (κ1) is 9.77. The lowest BCUT2D eigenvalue weighted by Gasteiger charge is -1.97. The maximum Gasteiger partial charge on any atom is 0.312 e. The first-order chi connectivity index (χ1) is 6.24. The van der Waals surface area contributed by atoms with E-state index in [0.29, 0.717) is 5.89 Å². The number of aromatic nitrogens is 2. The van der Waals surface area contributed by atoms with Gasteiger partial charge in [0, 0.05) is 0 Å². The van der Waals surface area contributed by atoms with Crippen LogP contribution in [-0.4, -0.2) is 10.2 Å². The second-order valence-corrected chi connectivity index (χ2v) is 2.98. The largest absolute Gasteiger partial charge is 0.408 e. The number of anilines is 1. The van der Waals surface area contributed by atoms with Crippen LogP contribution < -0.4 is 5.73 Å². The van der Waals surface area contributed by atoms with Crippen LogP contribution in [0, 0.1) is 0 Å². The molecule has 0 amide bonds. The minimum atomic E-state index is 0.130. The molecule has 0 fully saturated rings. The minimum absolute atomic E-state index is 0.130. The van der Waals surface area contributed by atoms with E-state index in [1.54, 1.807) is 0 Å². The molecule has 13 heavy (non-hydrogen) atoms. The minimum Gasteiger partial charge on any atom is -0.408 e. The zero-order chi connectivity index (χ0) is 9.68. The molecule has 1 rings (SSSR count). The van der Waals surface area contributed by atoms with Gasteiger partial charge in [0.15, 0.2) is 0 Å². The summed E-state index contributed by atoms with van der Waals surface area (Å²) in [6.45, 7) is 4.14. The molecule has 0 aliphatic carbocycles. The highest BCUT2D eigenvalue weighted by Gasteiger charge is 2.08. The summed E-state index contributed by atoms with van der Waals surface area (Å²) >= 11 is 0. The van der Waals surface area contributed by atoms with E-state index in [0.717, 1.165) is 12.8 Å². The van der Waals surface area contributed by atoms with E-state index in [2.05, 4.69) is 29.3 Å². The van der Waals surface area contributed by atoms with Crippen LogP contribution in [0.4, 0.5) is 6.01 Å². The van der Waals surface area contributed by atoms with Crippen LogP contribution in [0.25, 0.3) is 0 Å². The Balaban J connectivity index is 2.53. The SMILES string of the molecule is CCCC=CC(C)c1nnc(N)o1. The molecule has 4 heteroatoms. The van der Waals surface area contributed by atoms with Crippen LogP contribution in [0.15, 0.2) is 16.6 Å². The van der Waals surface area contributed by atoms with Crippen molar-refractivity contribution >= 4 is 6.01 Å². The number of rotatable bonds is 4. The molecule has 0 spiro atoms. The third-order valence-electron chi connectivity index (χ3n) is 1.73. The van der Waals surface area contributed by atoms with Crippen molar-refractivity contribution in [3.8, 4) is 0 Å². The van der Waals surface area contributed by atoms with Crippen molar-refractivity contribution in [2.75, 3.05) is 5.73 Å². The summed E-state index contributed by atoms with van der Waals surface area (Å²) in [5.74, 6) is 0.723. The fraction of sp³-hybridized carbons (Fsp3) is 0.556. The number of hydrogen-bond donors (Lipinski definition) is 1. The predicted molar refractivity (Wildman–Crippen MR) is 51.2 cm³/mol. The van der Waals surface area contributed by atoms with Gasteiger partial charge in [0.2, 0.25) is 5.89 Å². The Bertz CT molecular complexity index is 280. The molecule has 1 unspecified atom stereocenters. The second-order valence-electron chi connectivity index (χ2n) is 2.98. The molecule has 0 aliphatic rings. The van der Waals surface area contributed by atoms with E-state index >= 15 is 0 Å². The number of allylic oxidation sites excluding steroid dienone is 2. The van der Waals surface area contributed by atoms with Gasteiger partial charge in [0.05, 0.1) is 5.92 Å². The van der Waals surface area contributed by atoms with E-state index in [1.807, 2.05) is 6.92 Å². The molecule has 1 aromatic rings. The first-order valence-corrected chi connectivity index (χ1v) is 4.49. The molecule has 1 aromatic heterocycles. The Labute approximate surface area is 77.8 Å². The summed E-state index contributed by atoms with van der Waals surface area (Å²) in [6.07, 6.45) is 6.39. The zero-order valence-electron chi connectivity index (χ0n) is 8.03. The van der Waals surface area contributed by atoms with Crippen LogP contribution in [0.3, 0.4) is 0 Å². The monoisotopic (exact) mass is 181 g/mol. The van der Waals surface area contributed by atoms with Crippen molar-refractivity contribution in [1.29, 1.82) is 0 Å². The molecule has 0 aliphatic heterocycles. The average molecular weight is 181 g/mol. The third-order valence-corrected chi connectivity index (χ3v) is 1.73. The van der Waals surface area contributed by atoms with Crippen molar-refractivity contribution in [2.45, 2.75) is 32.6 Å². The Hall–Kier alpha value is -1.32. The Morgan fingerprint density at radius 2 is 2.31 bits per heavy atom. The zero-order valence-corrected chi connectivity index (χ0v) is 8.03. The van der Waals surface area contributed by atoms with Gasteiger partial charge in [-0.2, -0.15) is 0 Å². The lowest BCUT2D eigenvalue weighted by molar-refractivity contribution is 0.498. The van der Waals surface area contributed by atoms with Crippen LogP contribution in [0.5, 0.6) is 0 Å². The normalized spacial score (nSPS) is 13.7. The molecule has 0 saturated heterocycles. The smallest absolute Gasteiger partial charge is 0.312 e. The van der Waals surface area contributed by atoms with E-state index in [9.17, 15) is 0 Å². The Morgan fingerprint density at radius 3 is 2.85 bits per heavy atom. The maximum atomic E-state index is 5.31. The van der Waals surface area contributed by atoms with Crippen molar-refractivity contribution in [3.63, 3.8) is 0 Å². The fourth-order valence-electron chi connectivity index (χ4n) is 0.980. The Kier molecular flexibility index (Phi) is 3.49. The molecule has 2 N–H and O–H groups in total. The van der Waals surface area contributed by atoms with Gasteiger partial charge < -0.3 is 10.2 Å². The number of unbranched alkanes of at least 4 members (excludes halogenated alkanes) is 1. The summed E-state index contributed by atoms with van der Waals surface area (Å²) in [6, 6.07) is 0.130. The number of nitrogen functional groups attached to an aromatic ring is 1. The van der Waals surface area contributed by atoms with Gasteiger partial charge in [0.25, 0.3) is 0 Å². The lowest BCUT2D eigenvalue weighted by atomic mass is 10.1. The lowest BCUT2D eigenvalue weighted by Crippen LogP contribution is -1.88. The van der Waals surface area contributed by atoms with Gasteiger partial charge in [-0.3, -0.25) is 0 Å². The highest BCUT2D eigenvalue weighted by molar-refractivity contribution is 5.09. The van der Waals surface area contributed by atoms with Gasteiger partial charge in [-0.25, -0.2) is 0 Å². The topological polar surface area (TPSA) is 64.9 Å². The van der Waals surface area contributed by atoms with Crippen molar-refractivity contribution < 1.29 is 4.42 Å². The van der Waals surface area contributed by atoms with Gasteiger partial charge in [-0.05, 0) is 6.42 Å².